The van der Waals surface area contributed by atoms with E-state index in [1.54, 1.807) is 13.1 Å². The van der Waals surface area contributed by atoms with Crippen molar-refractivity contribution in [1.82, 2.24) is 14.7 Å². The van der Waals surface area contributed by atoms with Crippen LogP contribution >= 0.6 is 11.8 Å². The number of thioether (sulfide) groups is 1. The first-order valence-corrected chi connectivity index (χ1v) is 6.93. The molecule has 1 amide bonds. The smallest absolute Gasteiger partial charge is 0.325 e. The Morgan fingerprint density at radius 2 is 2.30 bits per heavy atom. The van der Waals surface area contributed by atoms with Crippen LogP contribution in [0.2, 0.25) is 0 Å². The van der Waals surface area contributed by atoms with Crippen molar-refractivity contribution < 1.29 is 14.3 Å². The highest BCUT2D eigenvalue weighted by molar-refractivity contribution is 8.00. The number of aromatic nitrogens is 2. The molecule has 0 aromatic carbocycles. The van der Waals surface area contributed by atoms with Gasteiger partial charge in [0, 0.05) is 6.20 Å². The van der Waals surface area contributed by atoms with Crippen LogP contribution in [0.4, 0.5) is 0 Å². The number of methoxy groups -OCH3 is 1. The summed E-state index contributed by atoms with van der Waals surface area (Å²) in [5, 5.41) is 2.90. The van der Waals surface area contributed by atoms with Gasteiger partial charge in [-0.15, -0.1) is 0 Å². The van der Waals surface area contributed by atoms with Crippen LogP contribution < -0.4 is 5.32 Å². The van der Waals surface area contributed by atoms with Gasteiger partial charge < -0.3 is 10.1 Å². The maximum atomic E-state index is 11.8. The van der Waals surface area contributed by atoms with Gasteiger partial charge in [-0.2, -0.15) is 0 Å². The highest BCUT2D eigenvalue weighted by Crippen LogP contribution is 2.22. The van der Waals surface area contributed by atoms with Gasteiger partial charge in [0.2, 0.25) is 5.91 Å². The number of hydrogen-bond acceptors (Lipinski definition) is 5. The van der Waals surface area contributed by atoms with E-state index in [0.29, 0.717) is 0 Å². The molecular formula is C13H15N3O3S. The summed E-state index contributed by atoms with van der Waals surface area (Å²) in [6.45, 7) is 1.64. The van der Waals surface area contributed by atoms with Crippen LogP contribution in [0.3, 0.4) is 0 Å². The van der Waals surface area contributed by atoms with Crippen molar-refractivity contribution in [1.29, 1.82) is 0 Å². The van der Waals surface area contributed by atoms with E-state index >= 15 is 0 Å². The van der Waals surface area contributed by atoms with Crippen LogP contribution in [-0.2, 0) is 14.3 Å². The fourth-order valence-corrected chi connectivity index (χ4v) is 2.49. The molecule has 0 aliphatic rings. The fraction of sp³-hybridized carbons (Fsp3) is 0.308. The minimum absolute atomic E-state index is 0.122. The zero-order valence-corrected chi connectivity index (χ0v) is 12.0. The van der Waals surface area contributed by atoms with Crippen molar-refractivity contribution in [3.8, 4) is 0 Å². The summed E-state index contributed by atoms with van der Waals surface area (Å²) in [6.07, 6.45) is 3.64. The number of nitrogens with zero attached hydrogens (tertiary/aromatic N) is 2. The van der Waals surface area contributed by atoms with Gasteiger partial charge in [0.15, 0.2) is 5.16 Å². The molecule has 0 radical (unpaired) electrons. The Hall–Kier alpha value is -2.02. The largest absolute Gasteiger partial charge is 0.468 e. The second-order valence-corrected chi connectivity index (χ2v) is 5.40. The molecule has 2 heterocycles. The minimum Gasteiger partial charge on any atom is -0.468 e. The summed E-state index contributed by atoms with van der Waals surface area (Å²) in [7, 11) is 1.28. The molecule has 0 spiro atoms. The van der Waals surface area contributed by atoms with Crippen molar-refractivity contribution >= 4 is 29.2 Å². The third-order valence-corrected chi connectivity index (χ3v) is 3.77. The van der Waals surface area contributed by atoms with E-state index in [1.807, 2.05) is 28.8 Å². The average molecular weight is 293 g/mol. The summed E-state index contributed by atoms with van der Waals surface area (Å²) in [5.74, 6) is -0.699. The first-order valence-electron chi connectivity index (χ1n) is 6.05. The molecule has 0 saturated carbocycles. The molecule has 0 unspecified atom stereocenters. The number of esters is 1. The van der Waals surface area contributed by atoms with Crippen LogP contribution in [0.25, 0.3) is 5.52 Å². The second kappa shape index (κ2) is 6.42. The number of hydrogen-bond donors (Lipinski definition) is 1. The predicted molar refractivity (Wildman–Crippen MR) is 75.5 cm³/mol. The first-order chi connectivity index (χ1) is 9.61. The lowest BCUT2D eigenvalue weighted by Crippen LogP contribution is -2.35. The van der Waals surface area contributed by atoms with Crippen LogP contribution in [0.5, 0.6) is 0 Å². The molecular weight excluding hydrogens is 278 g/mol. The lowest BCUT2D eigenvalue weighted by molar-refractivity contribution is -0.141. The van der Waals surface area contributed by atoms with Gasteiger partial charge in [-0.1, -0.05) is 17.8 Å². The topological polar surface area (TPSA) is 72.7 Å². The Balaban J connectivity index is 1.98. The van der Waals surface area contributed by atoms with Gasteiger partial charge in [0.25, 0.3) is 0 Å². The summed E-state index contributed by atoms with van der Waals surface area (Å²) in [5.41, 5.74) is 0.970. The van der Waals surface area contributed by atoms with E-state index in [0.717, 1.165) is 10.7 Å². The van der Waals surface area contributed by atoms with Crippen LogP contribution in [0, 0.1) is 0 Å². The van der Waals surface area contributed by atoms with Gasteiger partial charge >= 0.3 is 5.97 Å². The number of carbonyl (C=O) groups excluding carboxylic acids is 2. The number of amides is 1. The highest BCUT2D eigenvalue weighted by Gasteiger charge is 2.17. The van der Waals surface area contributed by atoms with Crippen molar-refractivity contribution in [2.75, 3.05) is 13.7 Å². The second-order valence-electron chi connectivity index (χ2n) is 4.09. The van der Waals surface area contributed by atoms with Gasteiger partial charge in [-0.3, -0.25) is 14.0 Å². The fourth-order valence-electron chi connectivity index (χ4n) is 1.59. The number of carbonyl (C=O) groups is 2. The summed E-state index contributed by atoms with van der Waals surface area (Å²) < 4.78 is 6.38. The van der Waals surface area contributed by atoms with Crippen LogP contribution in [-0.4, -0.2) is 40.2 Å². The van der Waals surface area contributed by atoms with Gasteiger partial charge in [-0.25, -0.2) is 4.98 Å². The Morgan fingerprint density at radius 1 is 1.50 bits per heavy atom. The summed E-state index contributed by atoms with van der Waals surface area (Å²) >= 11 is 1.33. The quantitative estimate of drug-likeness (QED) is 0.660. The lowest BCUT2D eigenvalue weighted by atomic mass is 10.4. The van der Waals surface area contributed by atoms with Gasteiger partial charge in [-0.05, 0) is 19.1 Å². The van der Waals surface area contributed by atoms with E-state index < -0.39 is 5.97 Å². The molecule has 0 bridgehead atoms. The third kappa shape index (κ3) is 3.30. The normalized spacial score (nSPS) is 12.1. The molecule has 20 heavy (non-hydrogen) atoms. The first kappa shape index (κ1) is 14.4. The molecule has 106 valence electrons. The SMILES string of the molecule is COC(=O)CNC(=O)[C@H](C)Sc1ncc2ccccn12. The molecule has 1 N–H and O–H groups in total. The summed E-state index contributed by atoms with van der Waals surface area (Å²) in [4.78, 5) is 27.1. The van der Waals surface area contributed by atoms with E-state index in [9.17, 15) is 9.59 Å². The monoisotopic (exact) mass is 293 g/mol. The maximum absolute atomic E-state index is 11.8. The Bertz CT molecular complexity index is 626. The number of ether oxygens (including phenoxy) is 1. The minimum atomic E-state index is -0.471. The van der Waals surface area contributed by atoms with Crippen molar-refractivity contribution in [3.63, 3.8) is 0 Å². The van der Waals surface area contributed by atoms with E-state index in [4.69, 9.17) is 0 Å². The predicted octanol–water partition coefficient (Wildman–Crippen LogP) is 1.10. The molecule has 7 heteroatoms. The number of pyridine rings is 1. The van der Waals surface area contributed by atoms with Gasteiger partial charge in [0.1, 0.15) is 6.54 Å². The standard InChI is InChI=1S/C13H15N3O3S/c1-9(12(18)14-8-11(17)19-2)20-13-15-7-10-5-3-4-6-16(10)13/h3-7,9H,8H2,1-2H3,(H,14,18)/t9-/m0/s1. The summed E-state index contributed by atoms with van der Waals surface area (Å²) in [6, 6.07) is 5.78. The Morgan fingerprint density at radius 3 is 3.05 bits per heavy atom. The number of nitrogens with one attached hydrogen (secondary N) is 1. The number of rotatable bonds is 5. The van der Waals surface area contributed by atoms with Crippen molar-refractivity contribution in [3.05, 3.63) is 30.6 Å². The molecule has 0 aliphatic heterocycles. The maximum Gasteiger partial charge on any atom is 0.325 e. The molecule has 2 rings (SSSR count). The lowest BCUT2D eigenvalue weighted by Gasteiger charge is -2.10. The van der Waals surface area contributed by atoms with Crippen LogP contribution in [0.1, 0.15) is 6.92 Å². The van der Waals surface area contributed by atoms with Crippen LogP contribution in [0.15, 0.2) is 35.7 Å². The zero-order chi connectivity index (χ0) is 14.5. The average Bonchev–Trinajstić information content (AvgIpc) is 2.87. The van der Waals surface area contributed by atoms with E-state index in [-0.39, 0.29) is 17.7 Å². The van der Waals surface area contributed by atoms with Crippen molar-refractivity contribution in [2.45, 2.75) is 17.3 Å². The molecule has 0 saturated heterocycles. The molecule has 6 nitrogen and oxygen atoms in total. The Labute approximate surface area is 120 Å². The molecule has 2 aromatic heterocycles. The van der Waals surface area contributed by atoms with Gasteiger partial charge in [0.05, 0.1) is 24.1 Å². The molecule has 2 aromatic rings. The number of imidazole rings is 1. The molecule has 0 fully saturated rings. The highest BCUT2D eigenvalue weighted by atomic mass is 32.2. The third-order valence-electron chi connectivity index (χ3n) is 2.69. The number of fused-ring (bicyclic) bond motifs is 1. The van der Waals surface area contributed by atoms with E-state index in [1.165, 1.54) is 18.9 Å². The molecule has 0 aliphatic carbocycles. The zero-order valence-electron chi connectivity index (χ0n) is 11.2. The van der Waals surface area contributed by atoms with Crippen molar-refractivity contribution in [2.24, 2.45) is 0 Å². The van der Waals surface area contributed by atoms with E-state index in [2.05, 4.69) is 15.0 Å². The Kier molecular flexibility index (Phi) is 4.62. The molecule has 1 atom stereocenters.